The lowest BCUT2D eigenvalue weighted by Crippen LogP contribution is -2.05. The molecule has 2 N–H and O–H groups in total. The summed E-state index contributed by atoms with van der Waals surface area (Å²) in [5, 5.41) is 13.7. The van der Waals surface area contributed by atoms with Gasteiger partial charge in [0.1, 0.15) is 5.82 Å². The second-order valence-corrected chi connectivity index (χ2v) is 5.30. The number of benzene rings is 1. The Morgan fingerprint density at radius 3 is 2.76 bits per heavy atom. The fourth-order valence-electron chi connectivity index (χ4n) is 1.79. The first-order valence-electron chi connectivity index (χ1n) is 6.19. The Morgan fingerprint density at radius 2 is 2.14 bits per heavy atom. The van der Waals surface area contributed by atoms with Gasteiger partial charge >= 0.3 is 5.97 Å². The zero-order valence-electron chi connectivity index (χ0n) is 11.2. The van der Waals surface area contributed by atoms with Crippen molar-refractivity contribution in [3.8, 4) is 0 Å². The monoisotopic (exact) mass is 308 g/mol. The molecule has 0 bridgehead atoms. The van der Waals surface area contributed by atoms with Crippen molar-refractivity contribution in [3.63, 3.8) is 0 Å². The van der Waals surface area contributed by atoms with Crippen LogP contribution < -0.4 is 5.32 Å². The molecule has 2 rings (SSSR count). The Hall–Kier alpha value is -2.28. The Kier molecular flexibility index (Phi) is 4.64. The first-order chi connectivity index (χ1) is 9.95. The predicted octanol–water partition coefficient (Wildman–Crippen LogP) is 2.72. The van der Waals surface area contributed by atoms with Crippen LogP contribution >= 0.6 is 11.3 Å². The number of amides is 1. The number of nitrogens with zero attached hydrogens (tertiary/aromatic N) is 1. The van der Waals surface area contributed by atoms with E-state index in [9.17, 15) is 14.0 Å². The number of aryl methyl sites for hydroxylation is 2. The van der Waals surface area contributed by atoms with E-state index in [-0.39, 0.29) is 11.5 Å². The highest BCUT2D eigenvalue weighted by Crippen LogP contribution is 2.18. The van der Waals surface area contributed by atoms with Gasteiger partial charge in [-0.2, -0.15) is 0 Å². The lowest BCUT2D eigenvalue weighted by molar-refractivity contribution is -0.114. The number of rotatable bonds is 5. The highest BCUT2D eigenvalue weighted by atomic mass is 32.1. The molecule has 1 amide bonds. The molecule has 0 fully saturated rings. The summed E-state index contributed by atoms with van der Waals surface area (Å²) in [6.07, 6.45) is 1.13. The molecule has 0 aliphatic rings. The SMILES string of the molecule is CC(=O)Nc1nc(CCc2ccc(C(=O)O)c(F)c2)cs1. The summed E-state index contributed by atoms with van der Waals surface area (Å²) in [6.45, 7) is 1.41. The highest BCUT2D eigenvalue weighted by Gasteiger charge is 2.11. The molecule has 1 aromatic heterocycles. The predicted molar refractivity (Wildman–Crippen MR) is 77.2 cm³/mol. The van der Waals surface area contributed by atoms with E-state index < -0.39 is 11.8 Å². The van der Waals surface area contributed by atoms with Gasteiger partial charge in [0.2, 0.25) is 5.91 Å². The molecule has 0 saturated carbocycles. The average molecular weight is 308 g/mol. The van der Waals surface area contributed by atoms with Gasteiger partial charge in [0.05, 0.1) is 11.3 Å². The van der Waals surface area contributed by atoms with Crippen molar-refractivity contribution in [3.05, 3.63) is 46.2 Å². The number of aromatic carboxylic acids is 1. The van der Waals surface area contributed by atoms with Crippen LogP contribution in [-0.4, -0.2) is 22.0 Å². The van der Waals surface area contributed by atoms with Crippen molar-refractivity contribution in [2.45, 2.75) is 19.8 Å². The van der Waals surface area contributed by atoms with Crippen LogP contribution in [0, 0.1) is 5.82 Å². The van der Waals surface area contributed by atoms with E-state index in [1.54, 1.807) is 6.07 Å². The van der Waals surface area contributed by atoms with E-state index in [4.69, 9.17) is 5.11 Å². The molecule has 1 heterocycles. The first-order valence-corrected chi connectivity index (χ1v) is 7.07. The van der Waals surface area contributed by atoms with Crippen LogP contribution in [0.5, 0.6) is 0 Å². The third kappa shape index (κ3) is 4.09. The Balaban J connectivity index is 1.99. The van der Waals surface area contributed by atoms with Crippen LogP contribution in [-0.2, 0) is 17.6 Å². The van der Waals surface area contributed by atoms with E-state index in [1.807, 2.05) is 5.38 Å². The maximum Gasteiger partial charge on any atom is 0.338 e. The molecule has 0 aliphatic carbocycles. The summed E-state index contributed by atoms with van der Waals surface area (Å²) in [4.78, 5) is 25.8. The standard InChI is InChI=1S/C14H13FN2O3S/c1-8(18)16-14-17-10(7-21-14)4-2-9-3-5-11(13(19)20)12(15)6-9/h3,5-7H,2,4H2,1H3,(H,19,20)(H,16,17,18). The van der Waals surface area contributed by atoms with Gasteiger partial charge in [0, 0.05) is 12.3 Å². The molecule has 0 spiro atoms. The minimum Gasteiger partial charge on any atom is -0.478 e. The van der Waals surface area contributed by atoms with Gasteiger partial charge in [-0.05, 0) is 30.5 Å². The zero-order chi connectivity index (χ0) is 15.4. The molecule has 0 unspecified atom stereocenters. The largest absolute Gasteiger partial charge is 0.478 e. The molecule has 0 saturated heterocycles. The fraction of sp³-hybridized carbons (Fsp3) is 0.214. The number of aromatic nitrogens is 1. The first kappa shape index (κ1) is 15.1. The van der Waals surface area contributed by atoms with Crippen molar-refractivity contribution >= 4 is 28.3 Å². The van der Waals surface area contributed by atoms with E-state index in [2.05, 4.69) is 10.3 Å². The molecule has 2 aromatic rings. The van der Waals surface area contributed by atoms with Gasteiger partial charge in [0.15, 0.2) is 5.13 Å². The summed E-state index contributed by atoms with van der Waals surface area (Å²) in [5.41, 5.74) is 1.17. The molecule has 110 valence electrons. The van der Waals surface area contributed by atoms with E-state index in [0.717, 1.165) is 5.69 Å². The molecule has 5 nitrogen and oxygen atoms in total. The highest BCUT2D eigenvalue weighted by molar-refractivity contribution is 7.13. The van der Waals surface area contributed by atoms with E-state index >= 15 is 0 Å². The van der Waals surface area contributed by atoms with Crippen molar-refractivity contribution in [2.75, 3.05) is 5.32 Å². The fourth-order valence-corrected chi connectivity index (χ4v) is 2.58. The summed E-state index contributed by atoms with van der Waals surface area (Å²) < 4.78 is 13.5. The number of carboxylic acids is 1. The average Bonchev–Trinajstić information content (AvgIpc) is 2.82. The van der Waals surface area contributed by atoms with Gasteiger partial charge in [-0.1, -0.05) is 6.07 Å². The smallest absolute Gasteiger partial charge is 0.338 e. The molecular weight excluding hydrogens is 295 g/mol. The Bertz CT molecular complexity index is 685. The van der Waals surface area contributed by atoms with Crippen LogP contribution in [0.3, 0.4) is 0 Å². The second kappa shape index (κ2) is 6.45. The third-order valence-electron chi connectivity index (χ3n) is 2.77. The molecule has 21 heavy (non-hydrogen) atoms. The number of thiazole rings is 1. The van der Waals surface area contributed by atoms with E-state index in [1.165, 1.54) is 30.4 Å². The number of hydrogen-bond donors (Lipinski definition) is 2. The third-order valence-corrected chi connectivity index (χ3v) is 3.57. The normalized spacial score (nSPS) is 10.4. The summed E-state index contributed by atoms with van der Waals surface area (Å²) in [7, 11) is 0. The number of hydrogen-bond acceptors (Lipinski definition) is 4. The van der Waals surface area contributed by atoms with Gasteiger partial charge in [-0.15, -0.1) is 11.3 Å². The molecule has 0 radical (unpaired) electrons. The Labute approximate surface area is 124 Å². The van der Waals surface area contributed by atoms with Crippen molar-refractivity contribution in [1.82, 2.24) is 4.98 Å². The summed E-state index contributed by atoms with van der Waals surface area (Å²) in [5.74, 6) is -2.20. The molecule has 0 aliphatic heterocycles. The Morgan fingerprint density at radius 1 is 1.38 bits per heavy atom. The van der Waals surface area contributed by atoms with Gasteiger partial charge < -0.3 is 10.4 Å². The number of carbonyl (C=O) groups excluding carboxylic acids is 1. The van der Waals surface area contributed by atoms with Crippen LogP contribution in [0.1, 0.15) is 28.5 Å². The molecule has 7 heteroatoms. The minimum absolute atomic E-state index is 0.178. The summed E-state index contributed by atoms with van der Waals surface area (Å²) in [6, 6.07) is 4.08. The number of carbonyl (C=O) groups is 2. The van der Waals surface area contributed by atoms with Crippen LogP contribution in [0.4, 0.5) is 9.52 Å². The summed E-state index contributed by atoms with van der Waals surface area (Å²) >= 11 is 1.33. The quantitative estimate of drug-likeness (QED) is 0.890. The van der Waals surface area contributed by atoms with Crippen LogP contribution in [0.25, 0.3) is 0 Å². The zero-order valence-corrected chi connectivity index (χ0v) is 12.0. The van der Waals surface area contributed by atoms with Gasteiger partial charge in [-0.25, -0.2) is 14.2 Å². The number of nitrogens with one attached hydrogen (secondary N) is 1. The molecular formula is C14H13FN2O3S. The number of anilines is 1. The van der Waals surface area contributed by atoms with E-state index in [0.29, 0.717) is 23.5 Å². The van der Waals surface area contributed by atoms with Gasteiger partial charge in [0.25, 0.3) is 0 Å². The lowest BCUT2D eigenvalue weighted by atomic mass is 10.1. The van der Waals surface area contributed by atoms with Crippen molar-refractivity contribution in [1.29, 1.82) is 0 Å². The van der Waals surface area contributed by atoms with Crippen LogP contribution in [0.15, 0.2) is 23.6 Å². The maximum absolute atomic E-state index is 13.5. The molecule has 1 aromatic carbocycles. The maximum atomic E-state index is 13.5. The minimum atomic E-state index is -1.28. The molecule has 0 atom stereocenters. The van der Waals surface area contributed by atoms with Crippen LogP contribution in [0.2, 0.25) is 0 Å². The van der Waals surface area contributed by atoms with Crippen molar-refractivity contribution in [2.24, 2.45) is 0 Å². The number of halogens is 1. The van der Waals surface area contributed by atoms with Crippen molar-refractivity contribution < 1.29 is 19.1 Å². The topological polar surface area (TPSA) is 79.3 Å². The second-order valence-electron chi connectivity index (χ2n) is 4.44. The van der Waals surface area contributed by atoms with Gasteiger partial charge in [-0.3, -0.25) is 4.79 Å². The lowest BCUT2D eigenvalue weighted by Gasteiger charge is -2.02. The number of carboxylic acid groups (broad SMARTS) is 1.